The van der Waals surface area contributed by atoms with E-state index in [1.165, 1.54) is 0 Å². The molecule has 0 aromatic carbocycles. The highest BCUT2D eigenvalue weighted by Gasteiger charge is 2.18. The molecule has 0 heterocycles. The van der Waals surface area contributed by atoms with Crippen LogP contribution in [0.2, 0.25) is 0 Å². The van der Waals surface area contributed by atoms with Gasteiger partial charge in [-0.3, -0.25) is 4.79 Å². The van der Waals surface area contributed by atoms with Crippen LogP contribution in [0.4, 0.5) is 0 Å². The Balaban J connectivity index is 3.59. The number of primary amides is 1. The monoisotopic (exact) mass is 187 g/mol. The van der Waals surface area contributed by atoms with Gasteiger partial charge in [0.15, 0.2) is 0 Å². The molecule has 0 aromatic rings. The number of carbonyl (C=O) groups excluding carboxylic acids is 1. The van der Waals surface area contributed by atoms with Crippen molar-refractivity contribution in [1.29, 1.82) is 0 Å². The maximum atomic E-state index is 10.5. The van der Waals surface area contributed by atoms with E-state index in [0.29, 0.717) is 12.8 Å². The number of ether oxygens (including phenoxy) is 1. The molecule has 3 nitrogen and oxygen atoms in total. The Morgan fingerprint density at radius 3 is 2.54 bits per heavy atom. The molecule has 0 aliphatic rings. The second kappa shape index (κ2) is 5.97. The summed E-state index contributed by atoms with van der Waals surface area (Å²) in [7, 11) is 0. The molecule has 3 heteroatoms. The quantitative estimate of drug-likeness (QED) is 0.618. The van der Waals surface area contributed by atoms with Crippen LogP contribution in [-0.4, -0.2) is 18.1 Å². The van der Waals surface area contributed by atoms with E-state index in [2.05, 4.69) is 6.92 Å². The molecule has 0 aliphatic carbocycles. The number of unbranched alkanes of at least 4 members (excludes halogenated alkanes) is 1. The van der Waals surface area contributed by atoms with E-state index < -0.39 is 0 Å². The van der Waals surface area contributed by atoms with Crippen molar-refractivity contribution >= 4 is 5.91 Å². The summed E-state index contributed by atoms with van der Waals surface area (Å²) in [6.45, 7) is 6.87. The van der Waals surface area contributed by atoms with E-state index in [-0.39, 0.29) is 11.5 Å². The fourth-order valence-electron chi connectivity index (χ4n) is 0.989. The minimum absolute atomic E-state index is 0.218. The third kappa shape index (κ3) is 7.78. The molecule has 0 saturated carbocycles. The van der Waals surface area contributed by atoms with Crippen LogP contribution in [0.15, 0.2) is 0 Å². The van der Waals surface area contributed by atoms with E-state index in [1.807, 2.05) is 13.8 Å². The number of nitrogens with two attached hydrogens (primary N) is 1. The van der Waals surface area contributed by atoms with Crippen molar-refractivity contribution in [2.24, 2.45) is 5.73 Å². The molecule has 0 bridgehead atoms. The molecule has 0 unspecified atom stereocenters. The molecule has 0 rings (SSSR count). The molecule has 0 fully saturated rings. The van der Waals surface area contributed by atoms with E-state index in [0.717, 1.165) is 19.4 Å². The van der Waals surface area contributed by atoms with Crippen molar-refractivity contribution in [3.05, 3.63) is 0 Å². The van der Waals surface area contributed by atoms with Gasteiger partial charge >= 0.3 is 0 Å². The van der Waals surface area contributed by atoms with Gasteiger partial charge in [0.25, 0.3) is 0 Å². The average molecular weight is 187 g/mol. The van der Waals surface area contributed by atoms with Crippen molar-refractivity contribution in [2.45, 2.75) is 52.1 Å². The first-order chi connectivity index (χ1) is 5.98. The Bertz CT molecular complexity index is 155. The van der Waals surface area contributed by atoms with Crippen molar-refractivity contribution in [2.75, 3.05) is 6.61 Å². The summed E-state index contributed by atoms with van der Waals surface area (Å²) in [6.07, 6.45) is 3.30. The Labute approximate surface area is 80.6 Å². The van der Waals surface area contributed by atoms with E-state index in [1.54, 1.807) is 0 Å². The highest BCUT2D eigenvalue weighted by atomic mass is 16.5. The van der Waals surface area contributed by atoms with Crippen LogP contribution in [0.25, 0.3) is 0 Å². The van der Waals surface area contributed by atoms with Crippen molar-refractivity contribution in [3.63, 3.8) is 0 Å². The maximum absolute atomic E-state index is 10.5. The van der Waals surface area contributed by atoms with Crippen molar-refractivity contribution < 1.29 is 9.53 Å². The van der Waals surface area contributed by atoms with Gasteiger partial charge in [0, 0.05) is 13.0 Å². The van der Waals surface area contributed by atoms with Crippen LogP contribution in [0.3, 0.4) is 0 Å². The number of amides is 1. The van der Waals surface area contributed by atoms with E-state index in [4.69, 9.17) is 10.5 Å². The fraction of sp³-hybridized carbons (Fsp3) is 0.900. The number of rotatable bonds is 7. The number of hydrogen-bond acceptors (Lipinski definition) is 2. The Hall–Kier alpha value is -0.570. The van der Waals surface area contributed by atoms with Crippen LogP contribution in [-0.2, 0) is 9.53 Å². The Kier molecular flexibility index (Phi) is 5.71. The van der Waals surface area contributed by atoms with Gasteiger partial charge < -0.3 is 10.5 Å². The molecule has 78 valence electrons. The van der Waals surface area contributed by atoms with Gasteiger partial charge in [0.1, 0.15) is 0 Å². The molecule has 0 aliphatic heterocycles. The average Bonchev–Trinajstić information content (AvgIpc) is 2.02. The summed E-state index contributed by atoms with van der Waals surface area (Å²) in [5.41, 5.74) is 4.84. The molecule has 2 N–H and O–H groups in total. The zero-order valence-electron chi connectivity index (χ0n) is 8.93. The molecular weight excluding hydrogens is 166 g/mol. The summed E-state index contributed by atoms with van der Waals surface area (Å²) < 4.78 is 5.61. The first kappa shape index (κ1) is 12.4. The fourth-order valence-corrected chi connectivity index (χ4v) is 0.989. The molecule has 13 heavy (non-hydrogen) atoms. The van der Waals surface area contributed by atoms with Gasteiger partial charge in [-0.25, -0.2) is 0 Å². The second-order valence-electron chi connectivity index (χ2n) is 3.93. The molecule has 0 spiro atoms. The van der Waals surface area contributed by atoms with Crippen LogP contribution < -0.4 is 5.73 Å². The van der Waals surface area contributed by atoms with Crippen molar-refractivity contribution in [3.8, 4) is 0 Å². The lowest BCUT2D eigenvalue weighted by Gasteiger charge is -2.24. The minimum atomic E-state index is -0.257. The lowest BCUT2D eigenvalue weighted by Crippen LogP contribution is -2.27. The molecular formula is C10H21NO2. The zero-order valence-corrected chi connectivity index (χ0v) is 8.93. The third-order valence-corrected chi connectivity index (χ3v) is 1.96. The molecule has 0 radical (unpaired) electrons. The first-order valence-electron chi connectivity index (χ1n) is 4.90. The summed E-state index contributed by atoms with van der Waals surface area (Å²) >= 11 is 0. The topological polar surface area (TPSA) is 52.3 Å². The summed E-state index contributed by atoms with van der Waals surface area (Å²) in [5, 5.41) is 0. The predicted octanol–water partition coefficient (Wildman–Crippen LogP) is 1.85. The van der Waals surface area contributed by atoms with Crippen molar-refractivity contribution in [1.82, 2.24) is 0 Å². The highest BCUT2D eigenvalue weighted by Crippen LogP contribution is 2.16. The van der Waals surface area contributed by atoms with Gasteiger partial charge in [0.2, 0.25) is 5.91 Å². The molecule has 0 atom stereocenters. The van der Waals surface area contributed by atoms with Gasteiger partial charge in [0.05, 0.1) is 5.60 Å². The maximum Gasteiger partial charge on any atom is 0.217 e. The van der Waals surface area contributed by atoms with Crippen LogP contribution in [0.1, 0.15) is 46.5 Å². The van der Waals surface area contributed by atoms with Crippen LogP contribution >= 0.6 is 0 Å². The normalized spacial score (nSPS) is 11.6. The van der Waals surface area contributed by atoms with E-state index >= 15 is 0 Å². The first-order valence-corrected chi connectivity index (χ1v) is 4.90. The van der Waals surface area contributed by atoms with Crippen LogP contribution in [0, 0.1) is 0 Å². The largest absolute Gasteiger partial charge is 0.376 e. The molecule has 1 amide bonds. The van der Waals surface area contributed by atoms with E-state index in [9.17, 15) is 4.79 Å². The van der Waals surface area contributed by atoms with Gasteiger partial charge in [-0.05, 0) is 26.7 Å². The van der Waals surface area contributed by atoms with Gasteiger partial charge in [-0.2, -0.15) is 0 Å². The van der Waals surface area contributed by atoms with Gasteiger partial charge in [-0.15, -0.1) is 0 Å². The lowest BCUT2D eigenvalue weighted by atomic mass is 10.0. The smallest absolute Gasteiger partial charge is 0.217 e. The molecule has 0 aromatic heterocycles. The third-order valence-electron chi connectivity index (χ3n) is 1.96. The number of carbonyl (C=O) groups is 1. The summed E-state index contributed by atoms with van der Waals surface area (Å²) in [6, 6.07) is 0. The molecule has 0 saturated heterocycles. The standard InChI is InChI=1S/C10H21NO2/c1-4-5-8-13-10(2,3)7-6-9(11)12/h4-8H2,1-3H3,(H2,11,12). The highest BCUT2D eigenvalue weighted by molar-refractivity contribution is 5.73. The predicted molar refractivity (Wildman–Crippen MR) is 53.4 cm³/mol. The lowest BCUT2D eigenvalue weighted by molar-refractivity contribution is -0.119. The van der Waals surface area contributed by atoms with Gasteiger partial charge in [-0.1, -0.05) is 13.3 Å². The minimum Gasteiger partial charge on any atom is -0.376 e. The number of hydrogen-bond donors (Lipinski definition) is 1. The summed E-state index contributed by atoms with van der Waals surface area (Å²) in [4.78, 5) is 10.5. The SMILES string of the molecule is CCCCOC(C)(C)CCC(N)=O. The second-order valence-corrected chi connectivity index (χ2v) is 3.93. The Morgan fingerprint density at radius 1 is 1.46 bits per heavy atom. The summed E-state index contributed by atoms with van der Waals surface area (Å²) in [5.74, 6) is -0.257. The van der Waals surface area contributed by atoms with Crippen LogP contribution in [0.5, 0.6) is 0 Å². The Morgan fingerprint density at radius 2 is 2.08 bits per heavy atom. The zero-order chi connectivity index (χ0) is 10.3.